The molecule has 1 atom stereocenters. The van der Waals surface area contributed by atoms with Gasteiger partial charge < -0.3 is 20.1 Å². The minimum atomic E-state index is -1.11. The number of anilines is 1. The fourth-order valence-electron chi connectivity index (χ4n) is 7.61. The van der Waals surface area contributed by atoms with Crippen LogP contribution in [0.3, 0.4) is 0 Å². The number of benzene rings is 3. The van der Waals surface area contributed by atoms with Crippen LogP contribution in [0.4, 0.5) is 5.69 Å². The molecule has 1 heterocycles. The van der Waals surface area contributed by atoms with Gasteiger partial charge in [0.25, 0.3) is 5.91 Å². The highest BCUT2D eigenvalue weighted by Gasteiger charge is 2.28. The molecule has 3 aromatic carbocycles. The molecule has 9 nitrogen and oxygen atoms in total. The highest BCUT2D eigenvalue weighted by Crippen LogP contribution is 2.41. The Hall–Kier alpha value is -5.31. The highest BCUT2D eigenvalue weighted by atomic mass is 16.5. The first-order chi connectivity index (χ1) is 25.3. The second kappa shape index (κ2) is 17.3. The van der Waals surface area contributed by atoms with Crippen molar-refractivity contribution in [1.29, 1.82) is 0 Å². The van der Waals surface area contributed by atoms with Crippen LogP contribution in [0.1, 0.15) is 85.3 Å². The van der Waals surface area contributed by atoms with Crippen LogP contribution in [-0.4, -0.2) is 51.4 Å². The third kappa shape index (κ3) is 9.51. The average molecular weight is 701 g/mol. The van der Waals surface area contributed by atoms with E-state index >= 15 is 0 Å². The maximum atomic E-state index is 13.4. The Morgan fingerprint density at radius 1 is 0.827 bits per heavy atom. The predicted octanol–water partition coefficient (Wildman–Crippen LogP) is 8.46. The number of nitrogens with zero attached hydrogens (tertiary/aromatic N) is 3. The van der Waals surface area contributed by atoms with Gasteiger partial charge in [-0.25, -0.2) is 9.97 Å². The molecule has 0 aliphatic heterocycles. The SMILES string of the molecule is CC[C@H]1CC[C@H](C2CC=C(c3cnc(-c4ccc(CN(CC(=O)O)C(=O)c5ccc(NC(=O)Cc6ccc(OC)cc6)cc5)cc4)nc3)CC2)CC1. The normalized spacial score (nSPS) is 18.6. The van der Waals surface area contributed by atoms with Crippen LogP contribution in [-0.2, 0) is 22.6 Å². The zero-order valence-electron chi connectivity index (χ0n) is 30.1. The number of hydrogen-bond donors (Lipinski definition) is 2. The largest absolute Gasteiger partial charge is 0.497 e. The van der Waals surface area contributed by atoms with Gasteiger partial charge in [-0.1, -0.05) is 68.7 Å². The van der Waals surface area contributed by atoms with Gasteiger partial charge in [0, 0.05) is 41.3 Å². The number of carbonyl (C=O) groups is 3. The molecule has 6 rings (SSSR count). The van der Waals surface area contributed by atoms with Gasteiger partial charge in [0.15, 0.2) is 5.82 Å². The van der Waals surface area contributed by atoms with Crippen LogP contribution in [0.15, 0.2) is 91.3 Å². The van der Waals surface area contributed by atoms with Crippen molar-refractivity contribution in [2.75, 3.05) is 19.0 Å². The van der Waals surface area contributed by atoms with E-state index in [0.717, 1.165) is 52.8 Å². The van der Waals surface area contributed by atoms with E-state index in [9.17, 15) is 19.5 Å². The van der Waals surface area contributed by atoms with Gasteiger partial charge in [-0.2, -0.15) is 0 Å². The topological polar surface area (TPSA) is 122 Å². The van der Waals surface area contributed by atoms with E-state index in [0.29, 0.717) is 22.8 Å². The molecule has 0 radical (unpaired) electrons. The van der Waals surface area contributed by atoms with Crippen LogP contribution in [0.5, 0.6) is 5.75 Å². The third-order valence-corrected chi connectivity index (χ3v) is 10.7. The average Bonchev–Trinajstić information content (AvgIpc) is 3.18. The first-order valence-corrected chi connectivity index (χ1v) is 18.4. The summed E-state index contributed by atoms with van der Waals surface area (Å²) in [5, 5.41) is 12.4. The second-order valence-corrected chi connectivity index (χ2v) is 14.2. The molecular formula is C43H48N4O5. The second-order valence-electron chi connectivity index (χ2n) is 14.2. The van der Waals surface area contributed by atoms with E-state index < -0.39 is 18.4 Å². The summed E-state index contributed by atoms with van der Waals surface area (Å²) >= 11 is 0. The first-order valence-electron chi connectivity index (χ1n) is 18.4. The molecule has 2 N–H and O–H groups in total. The lowest BCUT2D eigenvalue weighted by molar-refractivity contribution is -0.137. The maximum Gasteiger partial charge on any atom is 0.323 e. The molecule has 2 amide bonds. The number of carboxylic acids is 1. The molecule has 1 saturated carbocycles. The Kier molecular flexibility index (Phi) is 12.1. The lowest BCUT2D eigenvalue weighted by atomic mass is 9.71. The van der Waals surface area contributed by atoms with E-state index in [2.05, 4.69) is 28.3 Å². The summed E-state index contributed by atoms with van der Waals surface area (Å²) in [6.07, 6.45) is 16.8. The molecule has 0 bridgehead atoms. The molecule has 1 fully saturated rings. The van der Waals surface area contributed by atoms with Crippen LogP contribution in [0.2, 0.25) is 0 Å². The number of methoxy groups -OCH3 is 1. The van der Waals surface area contributed by atoms with Gasteiger partial charge in [0.05, 0.1) is 13.5 Å². The summed E-state index contributed by atoms with van der Waals surface area (Å²) in [6, 6.07) is 21.2. The lowest BCUT2D eigenvalue weighted by Crippen LogP contribution is -2.35. The number of nitrogens with one attached hydrogen (secondary N) is 1. The van der Waals surface area contributed by atoms with Gasteiger partial charge in [-0.05, 0) is 103 Å². The molecule has 2 aliphatic carbocycles. The maximum absolute atomic E-state index is 13.4. The molecule has 270 valence electrons. The van der Waals surface area contributed by atoms with E-state index in [1.807, 2.05) is 48.8 Å². The third-order valence-electron chi connectivity index (χ3n) is 10.7. The smallest absolute Gasteiger partial charge is 0.323 e. The Balaban J connectivity index is 1.03. The molecule has 0 saturated heterocycles. The number of carboxylic acid groups (broad SMARTS) is 1. The minimum Gasteiger partial charge on any atom is -0.497 e. The van der Waals surface area contributed by atoms with E-state index in [4.69, 9.17) is 4.74 Å². The number of ether oxygens (including phenoxy) is 1. The quantitative estimate of drug-likeness (QED) is 0.144. The van der Waals surface area contributed by atoms with Crippen molar-refractivity contribution in [1.82, 2.24) is 14.9 Å². The molecule has 1 aromatic heterocycles. The number of allylic oxidation sites excluding steroid dienone is 2. The zero-order chi connectivity index (χ0) is 36.5. The number of hydrogen-bond acceptors (Lipinski definition) is 6. The monoisotopic (exact) mass is 700 g/mol. The van der Waals surface area contributed by atoms with Crippen molar-refractivity contribution in [3.05, 3.63) is 114 Å². The molecule has 52 heavy (non-hydrogen) atoms. The highest BCUT2D eigenvalue weighted by molar-refractivity contribution is 5.97. The standard InChI is InChI=1S/C43H48N4O5/c1-3-29-4-10-32(11-5-29)33-14-16-34(17-15-33)37-25-44-42(45-26-37)35-12-6-31(7-13-35)27-47(28-41(49)50)43(51)36-18-20-38(21-19-36)46-40(48)24-30-8-22-39(52-2)23-9-30/h6-9,12-13,16,18-23,25-26,29,32-33H,3-5,10-11,14-15,17,24,27-28H2,1-2H3,(H,46,48)(H,49,50)/t29-,32-,33?. The molecule has 2 aliphatic rings. The van der Waals surface area contributed by atoms with Gasteiger partial charge in [-0.15, -0.1) is 0 Å². The number of carbonyl (C=O) groups excluding carboxylic acids is 2. The Bertz CT molecular complexity index is 1850. The van der Waals surface area contributed by atoms with Crippen molar-refractivity contribution >= 4 is 29.0 Å². The van der Waals surface area contributed by atoms with E-state index in [-0.39, 0.29) is 18.9 Å². The molecular weight excluding hydrogens is 652 g/mol. The molecule has 0 spiro atoms. The number of aliphatic carboxylic acids is 1. The van der Waals surface area contributed by atoms with Crippen molar-refractivity contribution < 1.29 is 24.2 Å². The summed E-state index contributed by atoms with van der Waals surface area (Å²) in [4.78, 5) is 48.3. The minimum absolute atomic E-state index is 0.112. The molecule has 1 unspecified atom stereocenters. The lowest BCUT2D eigenvalue weighted by Gasteiger charge is -2.35. The zero-order valence-corrected chi connectivity index (χ0v) is 30.1. The number of aromatic nitrogens is 2. The Morgan fingerprint density at radius 3 is 2.10 bits per heavy atom. The predicted molar refractivity (Wildman–Crippen MR) is 203 cm³/mol. The Morgan fingerprint density at radius 2 is 1.50 bits per heavy atom. The van der Waals surface area contributed by atoms with E-state index in [1.54, 1.807) is 43.5 Å². The summed E-state index contributed by atoms with van der Waals surface area (Å²) in [5.41, 5.74) is 5.75. The van der Waals surface area contributed by atoms with Crippen LogP contribution < -0.4 is 10.1 Å². The van der Waals surface area contributed by atoms with Crippen molar-refractivity contribution in [2.24, 2.45) is 17.8 Å². The number of rotatable bonds is 13. The summed E-state index contributed by atoms with van der Waals surface area (Å²) in [6.45, 7) is 1.98. The fourth-order valence-corrected chi connectivity index (χ4v) is 7.61. The Labute approximate surface area is 306 Å². The van der Waals surface area contributed by atoms with Gasteiger partial charge in [0.2, 0.25) is 5.91 Å². The van der Waals surface area contributed by atoms with Gasteiger partial charge in [-0.3, -0.25) is 14.4 Å². The number of amides is 2. The fraction of sp³-hybridized carbons (Fsp3) is 0.372. The van der Waals surface area contributed by atoms with Crippen LogP contribution in [0, 0.1) is 17.8 Å². The van der Waals surface area contributed by atoms with E-state index in [1.165, 1.54) is 49.0 Å². The summed E-state index contributed by atoms with van der Waals surface area (Å²) in [7, 11) is 1.59. The first kappa shape index (κ1) is 36.5. The molecule has 9 heteroatoms. The summed E-state index contributed by atoms with van der Waals surface area (Å²) in [5.74, 6) is 2.22. The van der Waals surface area contributed by atoms with Crippen LogP contribution >= 0.6 is 0 Å². The van der Waals surface area contributed by atoms with Crippen molar-refractivity contribution in [3.63, 3.8) is 0 Å². The summed E-state index contributed by atoms with van der Waals surface area (Å²) < 4.78 is 5.16. The van der Waals surface area contributed by atoms with Crippen LogP contribution in [0.25, 0.3) is 17.0 Å². The van der Waals surface area contributed by atoms with Gasteiger partial charge in [0.1, 0.15) is 12.3 Å². The van der Waals surface area contributed by atoms with Crippen molar-refractivity contribution in [3.8, 4) is 17.1 Å². The van der Waals surface area contributed by atoms with Gasteiger partial charge >= 0.3 is 5.97 Å². The molecule has 4 aromatic rings. The van der Waals surface area contributed by atoms with Crippen molar-refractivity contribution in [2.45, 2.75) is 71.3 Å².